The second-order valence-corrected chi connectivity index (χ2v) is 6.85. The van der Waals surface area contributed by atoms with Gasteiger partial charge in [-0.1, -0.05) is 40.0 Å². The first-order valence-corrected chi connectivity index (χ1v) is 6.98. The molecular weight excluding hydrogens is 264 g/mol. The Kier molecular flexibility index (Phi) is 7.33. The molecule has 1 saturated carbocycles. The van der Waals surface area contributed by atoms with Gasteiger partial charge in [0.1, 0.15) is 0 Å². The molecular formula is C14H29ClN2O2. The Bertz CT molecular complexity index is 284. The number of nitrogens with two attached hydrogens (primary N) is 1. The average Bonchev–Trinajstić information content (AvgIpc) is 2.24. The lowest BCUT2D eigenvalue weighted by Crippen LogP contribution is -2.56. The van der Waals surface area contributed by atoms with Crippen LogP contribution in [0.5, 0.6) is 0 Å². The second kappa shape index (κ2) is 7.46. The van der Waals surface area contributed by atoms with E-state index in [1.807, 2.05) is 0 Å². The summed E-state index contributed by atoms with van der Waals surface area (Å²) in [4.78, 5) is 12.0. The van der Waals surface area contributed by atoms with Gasteiger partial charge in [0.2, 0.25) is 5.91 Å². The van der Waals surface area contributed by atoms with Gasteiger partial charge in [-0.25, -0.2) is 0 Å². The molecule has 5 heteroatoms. The SMILES string of the molecule is CC(C)(C)CC(O)CNC(=O)C1(N)CCCCC1.Cl. The van der Waals surface area contributed by atoms with Gasteiger partial charge < -0.3 is 16.2 Å². The van der Waals surface area contributed by atoms with Crippen molar-refractivity contribution in [2.24, 2.45) is 11.1 Å². The van der Waals surface area contributed by atoms with Gasteiger partial charge in [-0.3, -0.25) is 4.79 Å². The van der Waals surface area contributed by atoms with Gasteiger partial charge in [0, 0.05) is 6.54 Å². The molecule has 1 rings (SSSR count). The first-order chi connectivity index (χ1) is 8.23. The second-order valence-electron chi connectivity index (χ2n) is 6.85. The van der Waals surface area contributed by atoms with Gasteiger partial charge >= 0.3 is 0 Å². The molecule has 4 nitrogen and oxygen atoms in total. The summed E-state index contributed by atoms with van der Waals surface area (Å²) in [5.41, 5.74) is 5.48. The number of hydrogen-bond donors (Lipinski definition) is 3. The molecule has 1 aliphatic rings. The van der Waals surface area contributed by atoms with E-state index in [1.165, 1.54) is 6.42 Å². The molecule has 1 aliphatic carbocycles. The van der Waals surface area contributed by atoms with Gasteiger partial charge in [-0.15, -0.1) is 12.4 Å². The highest BCUT2D eigenvalue weighted by molar-refractivity contribution is 5.86. The number of rotatable bonds is 4. The van der Waals surface area contributed by atoms with Gasteiger partial charge in [-0.05, 0) is 24.7 Å². The van der Waals surface area contributed by atoms with E-state index in [9.17, 15) is 9.90 Å². The molecule has 0 aliphatic heterocycles. The topological polar surface area (TPSA) is 75.3 Å². The summed E-state index contributed by atoms with van der Waals surface area (Å²) in [6.45, 7) is 6.52. The smallest absolute Gasteiger partial charge is 0.240 e. The van der Waals surface area contributed by atoms with Gasteiger partial charge in [-0.2, -0.15) is 0 Å². The number of halogens is 1. The van der Waals surface area contributed by atoms with Crippen molar-refractivity contribution in [3.05, 3.63) is 0 Å². The van der Waals surface area contributed by atoms with Crippen LogP contribution in [0, 0.1) is 5.41 Å². The van der Waals surface area contributed by atoms with Crippen molar-refractivity contribution in [2.75, 3.05) is 6.54 Å². The van der Waals surface area contributed by atoms with Gasteiger partial charge in [0.15, 0.2) is 0 Å². The predicted octanol–water partition coefficient (Wildman–Crippen LogP) is 1.98. The molecule has 0 radical (unpaired) electrons. The molecule has 0 aromatic rings. The highest BCUT2D eigenvalue weighted by Gasteiger charge is 2.35. The van der Waals surface area contributed by atoms with Crippen LogP contribution < -0.4 is 11.1 Å². The van der Waals surface area contributed by atoms with Crippen LogP contribution in [0.25, 0.3) is 0 Å². The van der Waals surface area contributed by atoms with Crippen LogP contribution in [0.4, 0.5) is 0 Å². The fraction of sp³-hybridized carbons (Fsp3) is 0.929. The van der Waals surface area contributed by atoms with E-state index in [2.05, 4.69) is 26.1 Å². The third-order valence-corrected chi connectivity index (χ3v) is 3.54. The average molecular weight is 293 g/mol. The minimum atomic E-state index is -0.709. The molecule has 114 valence electrons. The van der Waals surface area contributed by atoms with E-state index in [4.69, 9.17) is 5.73 Å². The van der Waals surface area contributed by atoms with Gasteiger partial charge in [0.05, 0.1) is 11.6 Å². The summed E-state index contributed by atoms with van der Waals surface area (Å²) < 4.78 is 0. The zero-order valence-corrected chi connectivity index (χ0v) is 13.2. The predicted molar refractivity (Wildman–Crippen MR) is 80.3 cm³/mol. The lowest BCUT2D eigenvalue weighted by atomic mass is 9.82. The van der Waals surface area contributed by atoms with Crippen LogP contribution in [-0.2, 0) is 4.79 Å². The van der Waals surface area contributed by atoms with Crippen LogP contribution in [0.3, 0.4) is 0 Å². The third-order valence-electron chi connectivity index (χ3n) is 3.54. The third kappa shape index (κ3) is 6.59. The van der Waals surface area contributed by atoms with Crippen molar-refractivity contribution in [2.45, 2.75) is 70.9 Å². The molecule has 0 saturated heterocycles. The fourth-order valence-corrected chi connectivity index (χ4v) is 2.58. The normalized spacial score (nSPS) is 20.3. The van der Waals surface area contributed by atoms with Crippen molar-refractivity contribution in [3.63, 3.8) is 0 Å². The van der Waals surface area contributed by atoms with Crippen LogP contribution >= 0.6 is 12.4 Å². The number of carbonyl (C=O) groups is 1. The Morgan fingerprint density at radius 2 is 1.84 bits per heavy atom. The first kappa shape index (κ1) is 18.7. The maximum absolute atomic E-state index is 12.0. The molecule has 0 spiro atoms. The molecule has 0 heterocycles. The molecule has 0 aromatic heterocycles. The number of aliphatic hydroxyl groups excluding tert-OH is 1. The highest BCUT2D eigenvalue weighted by Crippen LogP contribution is 2.26. The van der Waals surface area contributed by atoms with Crippen molar-refractivity contribution >= 4 is 18.3 Å². The minimum Gasteiger partial charge on any atom is -0.391 e. The summed E-state index contributed by atoms with van der Waals surface area (Å²) in [6.07, 6.45) is 4.90. The monoisotopic (exact) mass is 292 g/mol. The van der Waals surface area contributed by atoms with Crippen molar-refractivity contribution in [1.82, 2.24) is 5.32 Å². The Morgan fingerprint density at radius 3 is 2.32 bits per heavy atom. The quantitative estimate of drug-likeness (QED) is 0.742. The number of amides is 1. The molecule has 1 atom stereocenters. The molecule has 4 N–H and O–H groups in total. The number of aliphatic hydroxyl groups is 1. The lowest BCUT2D eigenvalue weighted by Gasteiger charge is -2.32. The maximum atomic E-state index is 12.0. The fourth-order valence-electron chi connectivity index (χ4n) is 2.58. The van der Waals surface area contributed by atoms with Crippen molar-refractivity contribution in [1.29, 1.82) is 0 Å². The summed E-state index contributed by atoms with van der Waals surface area (Å²) in [6, 6.07) is 0. The number of hydrogen-bond acceptors (Lipinski definition) is 3. The lowest BCUT2D eigenvalue weighted by molar-refractivity contribution is -0.128. The van der Waals surface area contributed by atoms with Crippen molar-refractivity contribution < 1.29 is 9.90 Å². The largest absolute Gasteiger partial charge is 0.391 e. The maximum Gasteiger partial charge on any atom is 0.240 e. The molecule has 19 heavy (non-hydrogen) atoms. The molecule has 0 bridgehead atoms. The summed E-state index contributed by atoms with van der Waals surface area (Å²) in [7, 11) is 0. The molecule has 1 fully saturated rings. The summed E-state index contributed by atoms with van der Waals surface area (Å²) in [5, 5.41) is 12.7. The summed E-state index contributed by atoms with van der Waals surface area (Å²) >= 11 is 0. The first-order valence-electron chi connectivity index (χ1n) is 6.98. The van der Waals surface area contributed by atoms with E-state index in [0.29, 0.717) is 13.0 Å². The number of nitrogens with one attached hydrogen (secondary N) is 1. The molecule has 0 aromatic carbocycles. The Morgan fingerprint density at radius 1 is 1.32 bits per heavy atom. The van der Waals surface area contributed by atoms with Crippen LogP contribution in [0.15, 0.2) is 0 Å². The highest BCUT2D eigenvalue weighted by atomic mass is 35.5. The van der Waals surface area contributed by atoms with Crippen LogP contribution in [-0.4, -0.2) is 29.2 Å². The Hall–Kier alpha value is -0.320. The van der Waals surface area contributed by atoms with E-state index >= 15 is 0 Å². The van der Waals surface area contributed by atoms with E-state index in [0.717, 1.165) is 25.7 Å². The standard InChI is InChI=1S/C14H28N2O2.ClH/c1-13(2,3)9-11(17)10-16-12(18)14(15)7-5-4-6-8-14;/h11,17H,4-10,15H2,1-3H3,(H,16,18);1H. The zero-order chi connectivity index (χ0) is 13.8. The zero-order valence-electron chi connectivity index (χ0n) is 12.4. The molecule has 1 unspecified atom stereocenters. The van der Waals surface area contributed by atoms with Crippen molar-refractivity contribution in [3.8, 4) is 0 Å². The van der Waals surface area contributed by atoms with E-state index in [-0.39, 0.29) is 23.7 Å². The minimum absolute atomic E-state index is 0. The number of carbonyl (C=O) groups excluding carboxylic acids is 1. The Labute approximate surface area is 122 Å². The van der Waals surface area contributed by atoms with Crippen LogP contribution in [0.1, 0.15) is 59.3 Å². The molecule has 1 amide bonds. The summed E-state index contributed by atoms with van der Waals surface area (Å²) in [5.74, 6) is -0.102. The Balaban J connectivity index is 0.00000324. The van der Waals surface area contributed by atoms with Crippen LogP contribution in [0.2, 0.25) is 0 Å². The van der Waals surface area contributed by atoms with Gasteiger partial charge in [0.25, 0.3) is 0 Å². The van der Waals surface area contributed by atoms with E-state index < -0.39 is 11.6 Å². The van der Waals surface area contributed by atoms with E-state index in [1.54, 1.807) is 0 Å².